The van der Waals surface area contributed by atoms with Gasteiger partial charge in [-0.15, -0.1) is 0 Å². The highest BCUT2D eigenvalue weighted by atomic mass is 35.5. The van der Waals surface area contributed by atoms with Gasteiger partial charge in [0.2, 0.25) is 0 Å². The first-order valence-corrected chi connectivity index (χ1v) is 8.95. The van der Waals surface area contributed by atoms with Gasteiger partial charge in [0, 0.05) is 16.3 Å². The fraction of sp³-hybridized carbons (Fsp3) is 0. The number of hydrogen-bond acceptors (Lipinski definition) is 1. The zero-order valence-electron chi connectivity index (χ0n) is 13.9. The highest BCUT2D eigenvalue weighted by Crippen LogP contribution is 2.42. The van der Waals surface area contributed by atoms with Gasteiger partial charge in [0.15, 0.2) is 0 Å². The van der Waals surface area contributed by atoms with Crippen molar-refractivity contribution in [2.75, 3.05) is 0 Å². The zero-order chi connectivity index (χ0) is 17.5. The van der Waals surface area contributed by atoms with Gasteiger partial charge >= 0.3 is 0 Å². The van der Waals surface area contributed by atoms with Crippen molar-refractivity contribution in [1.82, 2.24) is 0 Å². The van der Waals surface area contributed by atoms with E-state index in [0.717, 1.165) is 38.1 Å². The van der Waals surface area contributed by atoms with E-state index in [0.29, 0.717) is 0 Å². The van der Waals surface area contributed by atoms with Crippen molar-refractivity contribution in [3.63, 3.8) is 0 Å². The first-order chi connectivity index (χ1) is 12.8. The lowest BCUT2D eigenvalue weighted by Crippen LogP contribution is -1.86. The van der Waals surface area contributed by atoms with Crippen LogP contribution in [0.15, 0.2) is 95.4 Å². The predicted molar refractivity (Wildman–Crippen MR) is 110 cm³/mol. The fourth-order valence-electron chi connectivity index (χ4n) is 3.57. The first-order valence-electron chi connectivity index (χ1n) is 8.57. The summed E-state index contributed by atoms with van der Waals surface area (Å²) in [6, 6.07) is 30.8. The molecule has 0 spiro atoms. The molecule has 0 unspecified atom stereocenters. The average Bonchev–Trinajstić information content (AvgIpc) is 3.08. The maximum absolute atomic E-state index is 6.90. The molecule has 0 aliphatic carbocycles. The summed E-state index contributed by atoms with van der Waals surface area (Å²) in [5.74, 6) is 0. The van der Waals surface area contributed by atoms with Gasteiger partial charge in [0.1, 0.15) is 11.2 Å². The molecule has 2 heteroatoms. The van der Waals surface area contributed by atoms with Crippen molar-refractivity contribution < 1.29 is 4.42 Å². The van der Waals surface area contributed by atoms with Gasteiger partial charge in [-0.05, 0) is 34.9 Å². The van der Waals surface area contributed by atoms with E-state index in [9.17, 15) is 0 Å². The van der Waals surface area contributed by atoms with Crippen LogP contribution in [0.1, 0.15) is 0 Å². The monoisotopic (exact) mass is 354 g/mol. The standard InChI is InChI=1S/C24H15ClO/c25-24-19(14-15-22-23(24)20-12-6-7-13-21(20)26-22)18-11-5-4-10-17(18)16-8-2-1-3-9-16/h1-15H. The van der Waals surface area contributed by atoms with Gasteiger partial charge in [0.05, 0.1) is 5.02 Å². The lowest BCUT2D eigenvalue weighted by Gasteiger charge is -2.12. The van der Waals surface area contributed by atoms with E-state index in [1.165, 1.54) is 11.1 Å². The number of halogens is 1. The van der Waals surface area contributed by atoms with E-state index >= 15 is 0 Å². The normalized spacial score (nSPS) is 11.3. The molecular formula is C24H15ClO. The van der Waals surface area contributed by atoms with Crippen molar-refractivity contribution in [3.05, 3.63) is 96.0 Å². The Morgan fingerprint density at radius 2 is 1.23 bits per heavy atom. The van der Waals surface area contributed by atoms with E-state index in [1.54, 1.807) is 0 Å². The Hall–Kier alpha value is -3.03. The van der Waals surface area contributed by atoms with Crippen molar-refractivity contribution >= 4 is 33.5 Å². The van der Waals surface area contributed by atoms with E-state index < -0.39 is 0 Å². The number of furan rings is 1. The molecule has 0 radical (unpaired) electrons. The molecule has 0 aliphatic heterocycles. The topological polar surface area (TPSA) is 13.1 Å². The molecule has 0 fully saturated rings. The third-order valence-electron chi connectivity index (χ3n) is 4.78. The minimum Gasteiger partial charge on any atom is -0.456 e. The summed E-state index contributed by atoms with van der Waals surface area (Å²) >= 11 is 6.90. The second kappa shape index (κ2) is 6.05. The van der Waals surface area contributed by atoms with Gasteiger partial charge in [0.25, 0.3) is 0 Å². The molecule has 0 saturated carbocycles. The molecule has 1 aromatic heterocycles. The molecule has 0 saturated heterocycles. The molecule has 0 atom stereocenters. The van der Waals surface area contributed by atoms with E-state index in [4.69, 9.17) is 16.0 Å². The van der Waals surface area contributed by atoms with Crippen molar-refractivity contribution in [2.24, 2.45) is 0 Å². The van der Waals surface area contributed by atoms with Gasteiger partial charge in [-0.3, -0.25) is 0 Å². The smallest absolute Gasteiger partial charge is 0.136 e. The van der Waals surface area contributed by atoms with E-state index in [-0.39, 0.29) is 0 Å². The Labute approximate surface area is 156 Å². The van der Waals surface area contributed by atoms with Gasteiger partial charge in [-0.25, -0.2) is 0 Å². The average molecular weight is 355 g/mol. The number of fused-ring (bicyclic) bond motifs is 3. The van der Waals surface area contributed by atoms with Crippen LogP contribution in [0.4, 0.5) is 0 Å². The molecule has 0 bridgehead atoms. The number of rotatable bonds is 2. The van der Waals surface area contributed by atoms with Gasteiger partial charge < -0.3 is 4.42 Å². The Balaban J connectivity index is 1.81. The minimum atomic E-state index is 0.732. The fourth-order valence-corrected chi connectivity index (χ4v) is 3.93. The lowest BCUT2D eigenvalue weighted by molar-refractivity contribution is 0.669. The van der Waals surface area contributed by atoms with Gasteiger partial charge in [-0.1, -0.05) is 84.4 Å². The highest BCUT2D eigenvalue weighted by Gasteiger charge is 2.16. The summed E-state index contributed by atoms with van der Waals surface area (Å²) in [4.78, 5) is 0. The molecule has 0 aliphatic rings. The molecule has 1 heterocycles. The third kappa shape index (κ3) is 2.33. The van der Waals surface area contributed by atoms with Crippen LogP contribution in [0.2, 0.25) is 5.02 Å². The SMILES string of the molecule is Clc1c(-c2ccccc2-c2ccccc2)ccc2oc3ccccc3c12. The summed E-state index contributed by atoms with van der Waals surface area (Å²) in [6.45, 7) is 0. The molecule has 124 valence electrons. The zero-order valence-corrected chi connectivity index (χ0v) is 14.7. The number of benzene rings is 4. The van der Waals surface area contributed by atoms with Crippen LogP contribution in [0.5, 0.6) is 0 Å². The molecule has 1 nitrogen and oxygen atoms in total. The van der Waals surface area contributed by atoms with Crippen molar-refractivity contribution in [1.29, 1.82) is 0 Å². The Morgan fingerprint density at radius 1 is 0.538 bits per heavy atom. The Kier molecular flexibility index (Phi) is 3.55. The first kappa shape index (κ1) is 15.2. The summed E-state index contributed by atoms with van der Waals surface area (Å²) in [6.07, 6.45) is 0. The lowest BCUT2D eigenvalue weighted by atomic mass is 9.93. The van der Waals surface area contributed by atoms with Crippen LogP contribution < -0.4 is 0 Å². The molecular weight excluding hydrogens is 340 g/mol. The largest absolute Gasteiger partial charge is 0.456 e. The quantitative estimate of drug-likeness (QED) is 0.318. The number of para-hydroxylation sites is 1. The van der Waals surface area contributed by atoms with Crippen LogP contribution >= 0.6 is 11.6 Å². The molecule has 4 aromatic carbocycles. The van der Waals surface area contributed by atoms with Crippen molar-refractivity contribution in [3.8, 4) is 22.3 Å². The molecule has 5 rings (SSSR count). The van der Waals surface area contributed by atoms with Crippen LogP contribution in [0.3, 0.4) is 0 Å². The molecule has 26 heavy (non-hydrogen) atoms. The number of hydrogen-bond donors (Lipinski definition) is 0. The summed E-state index contributed by atoms with van der Waals surface area (Å²) in [5, 5.41) is 2.75. The van der Waals surface area contributed by atoms with Crippen molar-refractivity contribution in [2.45, 2.75) is 0 Å². The summed E-state index contributed by atoms with van der Waals surface area (Å²) in [7, 11) is 0. The molecule has 0 N–H and O–H groups in total. The van der Waals surface area contributed by atoms with Gasteiger partial charge in [-0.2, -0.15) is 0 Å². The third-order valence-corrected chi connectivity index (χ3v) is 5.17. The summed E-state index contributed by atoms with van der Waals surface area (Å²) in [5.41, 5.74) is 6.16. The second-order valence-electron chi connectivity index (χ2n) is 6.31. The van der Waals surface area contributed by atoms with Crippen LogP contribution in [0.25, 0.3) is 44.2 Å². The molecule has 5 aromatic rings. The van der Waals surface area contributed by atoms with E-state index in [2.05, 4.69) is 60.7 Å². The maximum atomic E-state index is 6.90. The second-order valence-corrected chi connectivity index (χ2v) is 6.69. The summed E-state index contributed by atoms with van der Waals surface area (Å²) < 4.78 is 5.95. The maximum Gasteiger partial charge on any atom is 0.136 e. The minimum absolute atomic E-state index is 0.732. The van der Waals surface area contributed by atoms with Crippen LogP contribution in [-0.4, -0.2) is 0 Å². The highest BCUT2D eigenvalue weighted by molar-refractivity contribution is 6.40. The van der Waals surface area contributed by atoms with E-state index in [1.807, 2.05) is 30.3 Å². The predicted octanol–water partition coefficient (Wildman–Crippen LogP) is 7.57. The van der Waals surface area contributed by atoms with Crippen LogP contribution in [0, 0.1) is 0 Å². The Bertz CT molecular complexity index is 1240. The Morgan fingerprint density at radius 3 is 2.08 bits per heavy atom. The van der Waals surface area contributed by atoms with Crippen LogP contribution in [-0.2, 0) is 0 Å². The molecule has 0 amide bonds.